The maximum Gasteiger partial charge on any atom is 0.305 e. The van der Waals surface area contributed by atoms with E-state index in [1.54, 1.807) is 30.3 Å². The lowest BCUT2D eigenvalue weighted by Gasteiger charge is -2.24. The first kappa shape index (κ1) is 18.3. The topological polar surface area (TPSA) is 94.9 Å². The molecule has 1 fully saturated rings. The average molecular weight is 369 g/mol. The van der Waals surface area contributed by atoms with Crippen LogP contribution >= 0.6 is 0 Å². The monoisotopic (exact) mass is 369 g/mol. The molecule has 0 bridgehead atoms. The van der Waals surface area contributed by atoms with Crippen LogP contribution < -0.4 is 0 Å². The van der Waals surface area contributed by atoms with Gasteiger partial charge in [-0.2, -0.15) is 0 Å². The summed E-state index contributed by atoms with van der Waals surface area (Å²) in [6.45, 7) is -0.215. The SMILES string of the molecule is O=C(O)CCN1C(=O)C(=O)/C(=C(/O)c2ccccc2)[C@@H]1c1ccc(F)cc1. The van der Waals surface area contributed by atoms with Crippen molar-refractivity contribution >= 4 is 23.4 Å². The number of aliphatic hydroxyl groups excluding tert-OH is 1. The highest BCUT2D eigenvalue weighted by Gasteiger charge is 2.46. The van der Waals surface area contributed by atoms with Crippen molar-refractivity contribution in [1.29, 1.82) is 0 Å². The molecular formula is C20H16FNO5. The molecule has 0 saturated carbocycles. The lowest BCUT2D eigenvalue weighted by atomic mass is 9.95. The molecule has 3 rings (SSSR count). The molecule has 2 aromatic rings. The predicted octanol–water partition coefficient (Wildman–Crippen LogP) is 2.72. The molecule has 1 aliphatic rings. The first-order valence-electron chi connectivity index (χ1n) is 8.21. The molecule has 1 saturated heterocycles. The van der Waals surface area contributed by atoms with E-state index < -0.39 is 29.5 Å². The van der Waals surface area contributed by atoms with Crippen LogP contribution in [0.2, 0.25) is 0 Å². The van der Waals surface area contributed by atoms with Crippen LogP contribution in [-0.2, 0) is 14.4 Å². The fourth-order valence-corrected chi connectivity index (χ4v) is 3.07. The van der Waals surface area contributed by atoms with Crippen LogP contribution in [-0.4, -0.2) is 39.3 Å². The van der Waals surface area contributed by atoms with Crippen LogP contribution in [0, 0.1) is 5.82 Å². The standard InChI is InChI=1S/C20H16FNO5/c21-14-8-6-12(7-9-14)17-16(18(25)13-4-2-1-3-5-13)19(26)20(27)22(17)11-10-15(23)24/h1-9,17,25H,10-11H2,(H,23,24)/b18-16+/t17-/m0/s1. The summed E-state index contributed by atoms with van der Waals surface area (Å²) in [5.74, 6) is -3.79. The number of likely N-dealkylation sites (tertiary alicyclic amines) is 1. The van der Waals surface area contributed by atoms with E-state index in [9.17, 15) is 23.9 Å². The number of carbonyl (C=O) groups is 3. The number of hydrogen-bond acceptors (Lipinski definition) is 4. The van der Waals surface area contributed by atoms with Gasteiger partial charge in [0.05, 0.1) is 18.0 Å². The van der Waals surface area contributed by atoms with Crippen molar-refractivity contribution in [3.05, 3.63) is 77.1 Å². The summed E-state index contributed by atoms with van der Waals surface area (Å²) in [5, 5.41) is 19.6. The molecule has 1 atom stereocenters. The van der Waals surface area contributed by atoms with E-state index in [-0.39, 0.29) is 24.3 Å². The Morgan fingerprint density at radius 1 is 1.00 bits per heavy atom. The number of ketones is 1. The Hall–Kier alpha value is -3.48. The number of aliphatic hydroxyl groups is 1. The second-order valence-corrected chi connectivity index (χ2v) is 6.05. The Labute approximate surface area is 154 Å². The van der Waals surface area contributed by atoms with Gasteiger partial charge in [-0.25, -0.2) is 4.39 Å². The van der Waals surface area contributed by atoms with Crippen molar-refractivity contribution in [3.63, 3.8) is 0 Å². The summed E-state index contributed by atoms with van der Waals surface area (Å²) in [4.78, 5) is 37.1. The van der Waals surface area contributed by atoms with Crippen molar-refractivity contribution in [2.45, 2.75) is 12.5 Å². The Bertz CT molecular complexity index is 921. The van der Waals surface area contributed by atoms with Crippen LogP contribution in [0.3, 0.4) is 0 Å². The number of amides is 1. The highest BCUT2D eigenvalue weighted by Crippen LogP contribution is 2.39. The molecule has 138 valence electrons. The van der Waals surface area contributed by atoms with Gasteiger partial charge < -0.3 is 15.1 Å². The van der Waals surface area contributed by atoms with E-state index in [2.05, 4.69) is 0 Å². The third-order valence-corrected chi connectivity index (χ3v) is 4.34. The van der Waals surface area contributed by atoms with Crippen molar-refractivity contribution in [2.24, 2.45) is 0 Å². The van der Waals surface area contributed by atoms with E-state index in [1.807, 2.05) is 0 Å². The molecule has 6 nitrogen and oxygen atoms in total. The number of carbonyl (C=O) groups excluding carboxylic acids is 2. The first-order chi connectivity index (χ1) is 12.9. The molecule has 1 aliphatic heterocycles. The van der Waals surface area contributed by atoms with Gasteiger partial charge in [0.2, 0.25) is 0 Å². The van der Waals surface area contributed by atoms with E-state index in [1.165, 1.54) is 24.3 Å². The normalized spacial score (nSPS) is 18.7. The number of Topliss-reactive ketones (excluding diaryl/α,β-unsaturated/α-hetero) is 1. The van der Waals surface area contributed by atoms with Crippen LogP contribution in [0.15, 0.2) is 60.2 Å². The van der Waals surface area contributed by atoms with Crippen molar-refractivity contribution < 1.29 is 29.0 Å². The number of hydrogen-bond donors (Lipinski definition) is 2. The number of aliphatic carboxylic acids is 1. The molecule has 1 amide bonds. The average Bonchev–Trinajstić information content (AvgIpc) is 2.91. The molecule has 2 N–H and O–H groups in total. The van der Waals surface area contributed by atoms with Gasteiger partial charge in [-0.05, 0) is 17.7 Å². The van der Waals surface area contributed by atoms with Crippen LogP contribution in [0.4, 0.5) is 4.39 Å². The molecule has 2 aromatic carbocycles. The zero-order valence-corrected chi connectivity index (χ0v) is 14.1. The van der Waals surface area contributed by atoms with Crippen molar-refractivity contribution in [3.8, 4) is 0 Å². The number of carboxylic acid groups (broad SMARTS) is 1. The van der Waals surface area contributed by atoms with Gasteiger partial charge >= 0.3 is 5.97 Å². The Morgan fingerprint density at radius 2 is 1.63 bits per heavy atom. The number of halogens is 1. The van der Waals surface area contributed by atoms with Crippen molar-refractivity contribution in [2.75, 3.05) is 6.54 Å². The predicted molar refractivity (Wildman–Crippen MR) is 94.1 cm³/mol. The van der Waals surface area contributed by atoms with Gasteiger partial charge in [-0.3, -0.25) is 14.4 Å². The molecule has 0 radical (unpaired) electrons. The minimum Gasteiger partial charge on any atom is -0.507 e. The molecular weight excluding hydrogens is 353 g/mol. The molecule has 7 heteroatoms. The maximum atomic E-state index is 13.3. The summed E-state index contributed by atoms with van der Waals surface area (Å²) >= 11 is 0. The molecule has 27 heavy (non-hydrogen) atoms. The zero-order valence-electron chi connectivity index (χ0n) is 14.1. The lowest BCUT2D eigenvalue weighted by molar-refractivity contribution is -0.142. The maximum absolute atomic E-state index is 13.3. The van der Waals surface area contributed by atoms with Gasteiger partial charge in [0.15, 0.2) is 0 Å². The van der Waals surface area contributed by atoms with Crippen LogP contribution in [0.1, 0.15) is 23.6 Å². The van der Waals surface area contributed by atoms with E-state index >= 15 is 0 Å². The summed E-state index contributed by atoms with van der Waals surface area (Å²) < 4.78 is 13.3. The molecule has 0 unspecified atom stereocenters. The number of nitrogens with zero attached hydrogens (tertiary/aromatic N) is 1. The Balaban J connectivity index is 2.14. The van der Waals surface area contributed by atoms with Crippen molar-refractivity contribution in [1.82, 2.24) is 4.90 Å². The third-order valence-electron chi connectivity index (χ3n) is 4.34. The minimum absolute atomic E-state index is 0.150. The summed E-state index contributed by atoms with van der Waals surface area (Å²) in [6.07, 6.45) is -0.365. The summed E-state index contributed by atoms with van der Waals surface area (Å²) in [5.41, 5.74) is 0.600. The van der Waals surface area contributed by atoms with Gasteiger partial charge in [0, 0.05) is 12.1 Å². The van der Waals surface area contributed by atoms with Crippen LogP contribution in [0.5, 0.6) is 0 Å². The highest BCUT2D eigenvalue weighted by atomic mass is 19.1. The molecule has 0 aliphatic carbocycles. The fraction of sp³-hybridized carbons (Fsp3) is 0.150. The van der Waals surface area contributed by atoms with E-state index in [4.69, 9.17) is 5.11 Å². The third kappa shape index (κ3) is 3.57. The summed E-state index contributed by atoms with van der Waals surface area (Å²) in [7, 11) is 0. The van der Waals surface area contributed by atoms with Gasteiger partial charge in [0.25, 0.3) is 11.7 Å². The quantitative estimate of drug-likeness (QED) is 0.480. The highest BCUT2D eigenvalue weighted by molar-refractivity contribution is 6.46. The Kier molecular flexibility index (Phi) is 5.03. The van der Waals surface area contributed by atoms with Crippen LogP contribution in [0.25, 0.3) is 5.76 Å². The smallest absolute Gasteiger partial charge is 0.305 e. The largest absolute Gasteiger partial charge is 0.507 e. The lowest BCUT2D eigenvalue weighted by Crippen LogP contribution is -2.31. The zero-order chi connectivity index (χ0) is 19.6. The Morgan fingerprint density at radius 3 is 2.22 bits per heavy atom. The van der Waals surface area contributed by atoms with E-state index in [0.29, 0.717) is 11.1 Å². The van der Waals surface area contributed by atoms with Gasteiger partial charge in [0.1, 0.15) is 11.6 Å². The minimum atomic E-state index is -1.13. The number of carboxylic acids is 1. The first-order valence-corrected chi connectivity index (χ1v) is 8.21. The number of benzene rings is 2. The molecule has 0 spiro atoms. The molecule has 1 heterocycles. The number of rotatable bonds is 5. The van der Waals surface area contributed by atoms with E-state index in [0.717, 1.165) is 4.90 Å². The van der Waals surface area contributed by atoms with Gasteiger partial charge in [-0.15, -0.1) is 0 Å². The second kappa shape index (κ2) is 7.41. The summed E-state index contributed by atoms with van der Waals surface area (Å²) in [6, 6.07) is 12.4. The molecule has 0 aromatic heterocycles. The second-order valence-electron chi connectivity index (χ2n) is 6.05. The van der Waals surface area contributed by atoms with Gasteiger partial charge in [-0.1, -0.05) is 42.5 Å². The fourth-order valence-electron chi connectivity index (χ4n) is 3.07.